The van der Waals surface area contributed by atoms with Gasteiger partial charge in [-0.1, -0.05) is 0 Å². The van der Waals surface area contributed by atoms with Gasteiger partial charge in [0.2, 0.25) is 0 Å². The molecule has 160 valence electrons. The van der Waals surface area contributed by atoms with Crippen molar-refractivity contribution in [3.8, 4) is 17.2 Å². The first-order valence-corrected chi connectivity index (χ1v) is 11.2. The maximum atomic E-state index is 13.0. The Balaban J connectivity index is 1.53. The Kier molecular flexibility index (Phi) is 5.62. The molecule has 2 aromatic carbocycles. The maximum Gasteiger partial charge on any atom is 0.138 e. The molecule has 9 heteroatoms. The minimum atomic E-state index is -3.20. The molecule has 0 spiro atoms. The van der Waals surface area contributed by atoms with Crippen molar-refractivity contribution in [1.82, 2.24) is 19.5 Å². The minimum absolute atomic E-state index is 0.298. The summed E-state index contributed by atoms with van der Waals surface area (Å²) in [4.78, 5) is 4.73. The third kappa shape index (κ3) is 4.37. The summed E-state index contributed by atoms with van der Waals surface area (Å²) in [6.45, 7) is 1.85. The Hall–Kier alpha value is -3.43. The van der Waals surface area contributed by atoms with Gasteiger partial charge in [-0.15, -0.1) is 0 Å². The zero-order valence-electron chi connectivity index (χ0n) is 17.4. The molecule has 0 bridgehead atoms. The van der Waals surface area contributed by atoms with E-state index >= 15 is 0 Å². The van der Waals surface area contributed by atoms with Gasteiger partial charge in [-0.05, 0) is 55.5 Å². The van der Waals surface area contributed by atoms with Crippen LogP contribution in [0.2, 0.25) is 0 Å². The zero-order chi connectivity index (χ0) is 22.0. The van der Waals surface area contributed by atoms with Crippen LogP contribution in [0.5, 0.6) is 17.2 Å². The fraction of sp³-hybridized carbons (Fsp3) is 0.182. The van der Waals surface area contributed by atoms with Crippen LogP contribution in [0.15, 0.2) is 71.9 Å². The lowest BCUT2D eigenvalue weighted by Gasteiger charge is -2.17. The Bertz CT molecular complexity index is 1320. The lowest BCUT2D eigenvalue weighted by Crippen LogP contribution is -2.27. The van der Waals surface area contributed by atoms with Crippen LogP contribution in [0.1, 0.15) is 18.7 Å². The molecular formula is C22H23N5O3S. The number of nitrogens with one attached hydrogen (secondary N) is 2. The van der Waals surface area contributed by atoms with Gasteiger partial charge in [0.15, 0.2) is 0 Å². The summed E-state index contributed by atoms with van der Waals surface area (Å²) < 4.78 is 37.2. The van der Waals surface area contributed by atoms with Crippen molar-refractivity contribution >= 4 is 20.8 Å². The van der Waals surface area contributed by atoms with E-state index in [2.05, 4.69) is 14.8 Å². The SMILES string of the molecule is COc1ccc2c(Oc3ccc([S@@](=N)(=O)N[C@@H](C)c4ccnn4C)cc3)ccnc2c1. The van der Waals surface area contributed by atoms with Gasteiger partial charge in [0.25, 0.3) is 0 Å². The summed E-state index contributed by atoms with van der Waals surface area (Å²) >= 11 is 0. The van der Waals surface area contributed by atoms with E-state index in [0.717, 1.165) is 22.3 Å². The maximum absolute atomic E-state index is 13.0. The monoisotopic (exact) mass is 437 g/mol. The second-order valence-corrected chi connectivity index (χ2v) is 8.86. The van der Waals surface area contributed by atoms with Crippen LogP contribution in [0.3, 0.4) is 0 Å². The van der Waals surface area contributed by atoms with E-state index in [1.165, 1.54) is 0 Å². The van der Waals surface area contributed by atoms with Crippen LogP contribution in [-0.4, -0.2) is 26.1 Å². The largest absolute Gasteiger partial charge is 0.497 e. The topological polar surface area (TPSA) is 102 Å². The number of fused-ring (bicyclic) bond motifs is 1. The second kappa shape index (κ2) is 8.37. The molecule has 4 rings (SSSR count). The van der Waals surface area contributed by atoms with Gasteiger partial charge in [-0.2, -0.15) is 5.10 Å². The summed E-state index contributed by atoms with van der Waals surface area (Å²) in [5.41, 5.74) is 1.61. The van der Waals surface area contributed by atoms with Gasteiger partial charge in [-0.3, -0.25) is 9.67 Å². The van der Waals surface area contributed by atoms with E-state index in [0.29, 0.717) is 16.4 Å². The van der Waals surface area contributed by atoms with Crippen molar-refractivity contribution in [1.29, 1.82) is 4.78 Å². The Morgan fingerprint density at radius 1 is 1.06 bits per heavy atom. The molecule has 0 fully saturated rings. The molecule has 2 aromatic heterocycles. The van der Waals surface area contributed by atoms with E-state index < -0.39 is 9.92 Å². The number of hydrogen-bond acceptors (Lipinski definition) is 6. The van der Waals surface area contributed by atoms with Crippen LogP contribution in [0, 0.1) is 4.78 Å². The van der Waals surface area contributed by atoms with Crippen molar-refractivity contribution in [3.63, 3.8) is 0 Å². The summed E-state index contributed by atoms with van der Waals surface area (Å²) in [5, 5.41) is 4.97. The molecule has 2 N–H and O–H groups in total. The highest BCUT2D eigenvalue weighted by molar-refractivity contribution is 7.90. The Morgan fingerprint density at radius 3 is 2.48 bits per heavy atom. The summed E-state index contributed by atoms with van der Waals surface area (Å²) in [5.74, 6) is 1.94. The molecule has 8 nitrogen and oxygen atoms in total. The fourth-order valence-electron chi connectivity index (χ4n) is 3.33. The number of nitrogens with zero attached hydrogens (tertiary/aromatic N) is 3. The molecule has 2 atom stereocenters. The van der Waals surface area contributed by atoms with Crippen molar-refractivity contribution in [2.24, 2.45) is 7.05 Å². The lowest BCUT2D eigenvalue weighted by atomic mass is 10.2. The average molecular weight is 438 g/mol. The molecule has 0 aliphatic heterocycles. The van der Waals surface area contributed by atoms with Crippen LogP contribution in [0.25, 0.3) is 10.9 Å². The lowest BCUT2D eigenvalue weighted by molar-refractivity contribution is 0.415. The number of aromatic nitrogens is 3. The number of rotatable bonds is 7. The van der Waals surface area contributed by atoms with Gasteiger partial charge in [0, 0.05) is 30.9 Å². The highest BCUT2D eigenvalue weighted by Crippen LogP contribution is 2.31. The molecule has 0 radical (unpaired) electrons. The van der Waals surface area contributed by atoms with Crippen molar-refractivity contribution < 1.29 is 13.7 Å². The number of ether oxygens (including phenoxy) is 2. The highest BCUT2D eigenvalue weighted by Gasteiger charge is 2.17. The normalized spacial score (nSPS) is 14.2. The van der Waals surface area contributed by atoms with Crippen LogP contribution >= 0.6 is 0 Å². The first-order chi connectivity index (χ1) is 14.9. The van der Waals surface area contributed by atoms with Gasteiger partial charge >= 0.3 is 0 Å². The van der Waals surface area contributed by atoms with E-state index in [9.17, 15) is 4.21 Å². The van der Waals surface area contributed by atoms with Gasteiger partial charge in [0.05, 0.1) is 29.3 Å². The quantitative estimate of drug-likeness (QED) is 0.445. The number of benzene rings is 2. The van der Waals surface area contributed by atoms with E-state index in [4.69, 9.17) is 14.3 Å². The first-order valence-electron chi connectivity index (χ1n) is 9.62. The van der Waals surface area contributed by atoms with Gasteiger partial charge in [0.1, 0.15) is 27.2 Å². The standard InChI is InChI=1S/C22H23N5O3S/c1-15(21-10-13-25-27(21)2)26-31(23,28)18-7-4-16(5-8-18)30-22-11-12-24-20-14-17(29-3)6-9-19(20)22/h4-15H,1-3H3,(H2,23,26,28)/t15-,31-/m0/s1. The smallest absolute Gasteiger partial charge is 0.138 e. The van der Waals surface area contributed by atoms with Crippen LogP contribution in [0.4, 0.5) is 0 Å². The van der Waals surface area contributed by atoms with E-state index in [1.807, 2.05) is 38.2 Å². The third-order valence-electron chi connectivity index (χ3n) is 4.94. The first kappa shape index (κ1) is 20.8. The Morgan fingerprint density at radius 2 is 1.81 bits per heavy atom. The van der Waals surface area contributed by atoms with Gasteiger partial charge < -0.3 is 9.47 Å². The number of aryl methyl sites for hydroxylation is 1. The van der Waals surface area contributed by atoms with Crippen molar-refractivity contribution in [3.05, 3.63) is 72.7 Å². The molecule has 4 aromatic rings. The molecule has 31 heavy (non-hydrogen) atoms. The Labute approximate surface area is 180 Å². The molecule has 0 saturated heterocycles. The summed E-state index contributed by atoms with van der Waals surface area (Å²) in [6, 6.07) is 15.6. The number of hydrogen-bond donors (Lipinski definition) is 2. The minimum Gasteiger partial charge on any atom is -0.497 e. The molecule has 0 saturated carbocycles. The second-order valence-electron chi connectivity index (χ2n) is 7.04. The van der Waals surface area contributed by atoms with E-state index in [-0.39, 0.29) is 6.04 Å². The molecular weight excluding hydrogens is 414 g/mol. The van der Waals surface area contributed by atoms with Crippen LogP contribution < -0.4 is 14.2 Å². The van der Waals surface area contributed by atoms with E-state index in [1.54, 1.807) is 54.5 Å². The predicted octanol–water partition coefficient (Wildman–Crippen LogP) is 4.44. The average Bonchev–Trinajstić information content (AvgIpc) is 3.20. The predicted molar refractivity (Wildman–Crippen MR) is 119 cm³/mol. The number of methoxy groups -OCH3 is 1. The molecule has 0 aliphatic rings. The fourth-order valence-corrected chi connectivity index (χ4v) is 4.60. The molecule has 2 heterocycles. The third-order valence-corrected chi connectivity index (χ3v) is 6.56. The summed E-state index contributed by atoms with van der Waals surface area (Å²) in [6.07, 6.45) is 3.34. The zero-order valence-corrected chi connectivity index (χ0v) is 18.2. The van der Waals surface area contributed by atoms with Gasteiger partial charge in [-0.25, -0.2) is 13.7 Å². The van der Waals surface area contributed by atoms with Crippen molar-refractivity contribution in [2.75, 3.05) is 7.11 Å². The summed E-state index contributed by atoms with van der Waals surface area (Å²) in [7, 11) is 0.216. The molecule has 0 aliphatic carbocycles. The molecule has 0 unspecified atom stereocenters. The van der Waals surface area contributed by atoms with Crippen LogP contribution in [-0.2, 0) is 17.0 Å². The number of pyridine rings is 1. The molecule has 0 amide bonds. The highest BCUT2D eigenvalue weighted by atomic mass is 32.2. The van der Waals surface area contributed by atoms with Crippen molar-refractivity contribution in [2.45, 2.75) is 17.9 Å².